The van der Waals surface area contributed by atoms with E-state index in [-0.39, 0.29) is 17.9 Å². The van der Waals surface area contributed by atoms with E-state index >= 15 is 0 Å². The molecule has 1 rings (SSSR count). The summed E-state index contributed by atoms with van der Waals surface area (Å²) in [6.45, 7) is 3.57. The topological polar surface area (TPSA) is 98.1 Å². The van der Waals surface area contributed by atoms with E-state index in [9.17, 15) is 19.8 Å². The highest BCUT2D eigenvalue weighted by Gasteiger charge is 2.23. The van der Waals surface area contributed by atoms with Crippen LogP contribution in [0, 0.1) is 5.92 Å². The minimum absolute atomic E-state index is 0.0414. The predicted molar refractivity (Wildman–Crippen MR) is 68.1 cm³/mol. The van der Waals surface area contributed by atoms with Gasteiger partial charge in [-0.15, -0.1) is 0 Å². The summed E-state index contributed by atoms with van der Waals surface area (Å²) in [5.41, 5.74) is -0.0422. The van der Waals surface area contributed by atoms with Gasteiger partial charge in [-0.05, 0) is 19.1 Å². The zero-order chi connectivity index (χ0) is 14.6. The zero-order valence-corrected chi connectivity index (χ0v) is 10.8. The number of aromatic hydroxyl groups is 2. The summed E-state index contributed by atoms with van der Waals surface area (Å²) in [5.74, 6) is -3.08. The van der Waals surface area contributed by atoms with Crippen LogP contribution in [-0.2, 0) is 4.79 Å². The SMILES string of the molecule is CCN(CC(C)C(=O)O)C(=O)c1cccc(O)c1O. The normalized spacial score (nSPS) is 11.9. The van der Waals surface area contributed by atoms with Crippen molar-refractivity contribution >= 4 is 11.9 Å². The number of nitrogens with zero attached hydrogens (tertiary/aromatic N) is 1. The molecule has 0 fully saturated rings. The van der Waals surface area contributed by atoms with E-state index in [1.165, 1.54) is 30.0 Å². The Labute approximate surface area is 110 Å². The lowest BCUT2D eigenvalue weighted by Gasteiger charge is -2.23. The first-order chi connectivity index (χ1) is 8.88. The average Bonchev–Trinajstić information content (AvgIpc) is 2.38. The van der Waals surface area contributed by atoms with E-state index in [1.54, 1.807) is 6.92 Å². The Hall–Kier alpha value is -2.24. The van der Waals surface area contributed by atoms with Crippen LogP contribution in [0.2, 0.25) is 0 Å². The first-order valence-corrected chi connectivity index (χ1v) is 5.91. The van der Waals surface area contributed by atoms with Crippen molar-refractivity contribution in [2.45, 2.75) is 13.8 Å². The number of benzene rings is 1. The number of hydrogen-bond donors (Lipinski definition) is 3. The van der Waals surface area contributed by atoms with Gasteiger partial charge in [0.2, 0.25) is 0 Å². The second kappa shape index (κ2) is 6.08. The number of carbonyl (C=O) groups excluding carboxylic acids is 1. The lowest BCUT2D eigenvalue weighted by atomic mass is 10.1. The van der Waals surface area contributed by atoms with Gasteiger partial charge in [0.25, 0.3) is 5.91 Å². The van der Waals surface area contributed by atoms with Crippen molar-refractivity contribution in [3.05, 3.63) is 23.8 Å². The molecular weight excluding hydrogens is 250 g/mol. The van der Waals surface area contributed by atoms with Crippen molar-refractivity contribution in [3.8, 4) is 11.5 Å². The molecule has 1 aromatic rings. The van der Waals surface area contributed by atoms with E-state index in [0.717, 1.165) is 0 Å². The quantitative estimate of drug-likeness (QED) is 0.698. The Balaban J connectivity index is 2.96. The molecule has 1 aromatic carbocycles. The maximum Gasteiger partial charge on any atom is 0.308 e. The summed E-state index contributed by atoms with van der Waals surface area (Å²) in [5, 5.41) is 27.9. The summed E-state index contributed by atoms with van der Waals surface area (Å²) < 4.78 is 0. The molecule has 0 aliphatic rings. The first-order valence-electron chi connectivity index (χ1n) is 5.91. The number of hydrogen-bond acceptors (Lipinski definition) is 4. The van der Waals surface area contributed by atoms with Crippen LogP contribution in [-0.4, -0.2) is 45.2 Å². The van der Waals surface area contributed by atoms with Crippen LogP contribution in [0.25, 0.3) is 0 Å². The maximum atomic E-state index is 12.2. The molecule has 19 heavy (non-hydrogen) atoms. The van der Waals surface area contributed by atoms with Crippen LogP contribution in [0.1, 0.15) is 24.2 Å². The number of phenols is 2. The molecule has 0 radical (unpaired) electrons. The summed E-state index contributed by atoms with van der Waals surface area (Å²) >= 11 is 0. The van der Waals surface area contributed by atoms with Gasteiger partial charge in [0, 0.05) is 13.1 Å². The molecule has 0 saturated heterocycles. The first kappa shape index (κ1) is 14.8. The lowest BCUT2D eigenvalue weighted by Crippen LogP contribution is -2.36. The van der Waals surface area contributed by atoms with E-state index in [1.807, 2.05) is 0 Å². The zero-order valence-electron chi connectivity index (χ0n) is 10.8. The minimum atomic E-state index is -0.994. The van der Waals surface area contributed by atoms with Crippen molar-refractivity contribution in [2.24, 2.45) is 5.92 Å². The van der Waals surface area contributed by atoms with Crippen LogP contribution >= 0.6 is 0 Å². The molecule has 0 aromatic heterocycles. The van der Waals surface area contributed by atoms with E-state index in [0.29, 0.717) is 6.54 Å². The molecule has 104 valence electrons. The Morgan fingerprint density at radius 1 is 1.32 bits per heavy atom. The number of carboxylic acid groups (broad SMARTS) is 1. The van der Waals surface area contributed by atoms with E-state index in [2.05, 4.69) is 0 Å². The fourth-order valence-corrected chi connectivity index (χ4v) is 1.64. The van der Waals surface area contributed by atoms with Crippen LogP contribution < -0.4 is 0 Å². The standard InChI is InChI=1S/C13H17NO5/c1-3-14(7-8(2)13(18)19)12(17)9-5-4-6-10(15)11(9)16/h4-6,8,15-16H,3,7H2,1-2H3,(H,18,19). The molecule has 0 saturated carbocycles. The molecule has 0 aliphatic heterocycles. The lowest BCUT2D eigenvalue weighted by molar-refractivity contribution is -0.141. The highest BCUT2D eigenvalue weighted by atomic mass is 16.4. The maximum absolute atomic E-state index is 12.2. The van der Waals surface area contributed by atoms with Gasteiger partial charge in [-0.2, -0.15) is 0 Å². The van der Waals surface area contributed by atoms with Gasteiger partial charge >= 0.3 is 5.97 Å². The highest BCUT2D eigenvalue weighted by Crippen LogP contribution is 2.29. The molecule has 1 amide bonds. The summed E-state index contributed by atoms with van der Waals surface area (Å²) in [4.78, 5) is 24.3. The van der Waals surface area contributed by atoms with Gasteiger partial charge < -0.3 is 20.2 Å². The molecule has 1 unspecified atom stereocenters. The molecule has 1 atom stereocenters. The van der Waals surface area contributed by atoms with Gasteiger partial charge in [0.1, 0.15) is 0 Å². The number of rotatable bonds is 5. The largest absolute Gasteiger partial charge is 0.504 e. The van der Waals surface area contributed by atoms with Gasteiger partial charge in [-0.3, -0.25) is 9.59 Å². The summed E-state index contributed by atoms with van der Waals surface area (Å²) in [6, 6.07) is 4.09. The highest BCUT2D eigenvalue weighted by molar-refractivity contribution is 5.97. The number of carbonyl (C=O) groups is 2. The number of phenolic OH excluding ortho intramolecular Hbond substituents is 2. The van der Waals surface area contributed by atoms with Crippen molar-refractivity contribution in [1.29, 1.82) is 0 Å². The van der Waals surface area contributed by atoms with Crippen molar-refractivity contribution in [3.63, 3.8) is 0 Å². The van der Waals surface area contributed by atoms with Crippen molar-refractivity contribution < 1.29 is 24.9 Å². The molecule has 0 aliphatic carbocycles. The Bertz CT molecular complexity index is 486. The Kier molecular flexibility index (Phi) is 4.74. The summed E-state index contributed by atoms with van der Waals surface area (Å²) in [6.07, 6.45) is 0. The Morgan fingerprint density at radius 3 is 2.47 bits per heavy atom. The average molecular weight is 267 g/mol. The third-order valence-corrected chi connectivity index (χ3v) is 2.83. The van der Waals surface area contributed by atoms with Crippen LogP contribution in [0.15, 0.2) is 18.2 Å². The van der Waals surface area contributed by atoms with Gasteiger partial charge in [0.15, 0.2) is 11.5 Å². The molecule has 0 heterocycles. The van der Waals surface area contributed by atoms with Crippen LogP contribution in [0.3, 0.4) is 0 Å². The van der Waals surface area contributed by atoms with Gasteiger partial charge in [-0.25, -0.2) is 0 Å². The van der Waals surface area contributed by atoms with Gasteiger partial charge in [0.05, 0.1) is 11.5 Å². The van der Waals surface area contributed by atoms with Crippen LogP contribution in [0.4, 0.5) is 0 Å². The number of amides is 1. The Morgan fingerprint density at radius 2 is 1.95 bits per heavy atom. The number of aliphatic carboxylic acids is 1. The monoisotopic (exact) mass is 267 g/mol. The number of carboxylic acids is 1. The van der Waals surface area contributed by atoms with E-state index < -0.39 is 23.5 Å². The van der Waals surface area contributed by atoms with Crippen LogP contribution in [0.5, 0.6) is 11.5 Å². The molecular formula is C13H17NO5. The second-order valence-corrected chi connectivity index (χ2v) is 4.26. The fraction of sp³-hybridized carbons (Fsp3) is 0.385. The number of para-hydroxylation sites is 1. The molecule has 6 nitrogen and oxygen atoms in total. The molecule has 0 bridgehead atoms. The van der Waals surface area contributed by atoms with Crippen molar-refractivity contribution in [1.82, 2.24) is 4.90 Å². The third kappa shape index (κ3) is 3.37. The van der Waals surface area contributed by atoms with E-state index in [4.69, 9.17) is 5.11 Å². The van der Waals surface area contributed by atoms with Crippen molar-refractivity contribution in [2.75, 3.05) is 13.1 Å². The summed E-state index contributed by atoms with van der Waals surface area (Å²) in [7, 11) is 0. The third-order valence-electron chi connectivity index (χ3n) is 2.83. The molecule has 6 heteroatoms. The van der Waals surface area contributed by atoms with Gasteiger partial charge in [-0.1, -0.05) is 13.0 Å². The second-order valence-electron chi connectivity index (χ2n) is 4.26. The minimum Gasteiger partial charge on any atom is -0.504 e. The predicted octanol–water partition coefficient (Wildman–Crippen LogP) is 1.28. The fourth-order valence-electron chi connectivity index (χ4n) is 1.64. The molecule has 0 spiro atoms. The molecule has 3 N–H and O–H groups in total. The smallest absolute Gasteiger partial charge is 0.308 e.